The standard InChI is InChI=1S/C29H39NO2/c1-8-32-27(31)21-11-13-23(14-12-21)30-17-9-10-22-19-26-24(18-20(22)2)25(28(3,4)5)15-16-29(26,6)7/h11-15,18-19,30H,8-10,16-17H2,1-7H3. The number of ether oxygens (including phenoxy) is 1. The number of benzene rings is 2. The topological polar surface area (TPSA) is 38.3 Å². The molecule has 0 radical (unpaired) electrons. The number of nitrogens with one attached hydrogen (secondary N) is 1. The molecule has 0 aromatic heterocycles. The number of allylic oxidation sites excluding steroid dienone is 2. The van der Waals surface area contributed by atoms with E-state index in [-0.39, 0.29) is 16.8 Å². The van der Waals surface area contributed by atoms with E-state index >= 15 is 0 Å². The Morgan fingerprint density at radius 2 is 1.81 bits per heavy atom. The lowest BCUT2D eigenvalue weighted by Crippen LogP contribution is -2.25. The molecule has 1 aliphatic rings. The van der Waals surface area contributed by atoms with Gasteiger partial charge >= 0.3 is 5.97 Å². The lowest BCUT2D eigenvalue weighted by Gasteiger charge is -2.37. The van der Waals surface area contributed by atoms with Gasteiger partial charge in [0.1, 0.15) is 0 Å². The van der Waals surface area contributed by atoms with Crippen LogP contribution in [0, 0.1) is 12.3 Å². The van der Waals surface area contributed by atoms with Crippen LogP contribution in [0.2, 0.25) is 0 Å². The summed E-state index contributed by atoms with van der Waals surface area (Å²) in [7, 11) is 0. The van der Waals surface area contributed by atoms with Crippen molar-refractivity contribution in [3.05, 3.63) is 70.3 Å². The second-order valence-corrected chi connectivity index (χ2v) is 10.6. The van der Waals surface area contributed by atoms with Crippen LogP contribution < -0.4 is 5.32 Å². The van der Waals surface area contributed by atoms with Gasteiger partial charge < -0.3 is 10.1 Å². The molecular weight excluding hydrogens is 394 g/mol. The molecule has 1 aliphatic carbocycles. The van der Waals surface area contributed by atoms with Crippen molar-refractivity contribution in [3.8, 4) is 0 Å². The van der Waals surface area contributed by atoms with Gasteiger partial charge in [0.25, 0.3) is 0 Å². The van der Waals surface area contributed by atoms with E-state index in [1.54, 1.807) is 0 Å². The van der Waals surface area contributed by atoms with Crippen molar-refractivity contribution in [1.82, 2.24) is 0 Å². The van der Waals surface area contributed by atoms with E-state index in [0.717, 1.165) is 31.5 Å². The fraction of sp³-hybridized carbons (Fsp3) is 0.483. The van der Waals surface area contributed by atoms with E-state index < -0.39 is 0 Å². The Labute approximate surface area is 194 Å². The molecule has 0 fully saturated rings. The highest BCUT2D eigenvalue weighted by atomic mass is 16.5. The third kappa shape index (κ3) is 5.43. The van der Waals surface area contributed by atoms with Gasteiger partial charge in [0.2, 0.25) is 0 Å². The Kier molecular flexibility index (Phi) is 7.17. The van der Waals surface area contributed by atoms with Crippen LogP contribution >= 0.6 is 0 Å². The fourth-order valence-corrected chi connectivity index (χ4v) is 4.54. The number of hydrogen-bond acceptors (Lipinski definition) is 3. The Bertz CT molecular complexity index is 991. The van der Waals surface area contributed by atoms with Crippen molar-refractivity contribution in [2.75, 3.05) is 18.5 Å². The summed E-state index contributed by atoms with van der Waals surface area (Å²) in [6.45, 7) is 17.0. The van der Waals surface area contributed by atoms with Crippen LogP contribution in [-0.4, -0.2) is 19.1 Å². The highest BCUT2D eigenvalue weighted by molar-refractivity contribution is 5.89. The lowest BCUT2D eigenvalue weighted by molar-refractivity contribution is 0.0526. The molecule has 3 heteroatoms. The summed E-state index contributed by atoms with van der Waals surface area (Å²) >= 11 is 0. The third-order valence-corrected chi connectivity index (χ3v) is 6.47. The molecule has 0 atom stereocenters. The molecule has 0 saturated heterocycles. The van der Waals surface area contributed by atoms with Crippen molar-refractivity contribution < 1.29 is 9.53 Å². The zero-order valence-electron chi connectivity index (χ0n) is 20.9. The maximum absolute atomic E-state index is 11.8. The maximum Gasteiger partial charge on any atom is 0.338 e. The largest absolute Gasteiger partial charge is 0.462 e. The van der Waals surface area contributed by atoms with Gasteiger partial charge in [-0.2, -0.15) is 0 Å². The molecule has 0 unspecified atom stereocenters. The average molecular weight is 434 g/mol. The minimum atomic E-state index is -0.269. The van der Waals surface area contributed by atoms with Gasteiger partial charge in [-0.25, -0.2) is 4.79 Å². The van der Waals surface area contributed by atoms with Crippen LogP contribution in [0.4, 0.5) is 5.69 Å². The Hall–Kier alpha value is -2.55. The van der Waals surface area contributed by atoms with E-state index in [2.05, 4.69) is 65.1 Å². The van der Waals surface area contributed by atoms with Crippen LogP contribution in [-0.2, 0) is 16.6 Å². The van der Waals surface area contributed by atoms with Gasteiger partial charge in [-0.1, -0.05) is 52.8 Å². The summed E-state index contributed by atoms with van der Waals surface area (Å²) in [6.07, 6.45) is 5.66. The number of esters is 1. The first-order chi connectivity index (χ1) is 15.0. The first kappa shape index (κ1) is 24.1. The maximum atomic E-state index is 11.8. The van der Waals surface area contributed by atoms with Crippen LogP contribution in [0.1, 0.15) is 87.0 Å². The smallest absolute Gasteiger partial charge is 0.338 e. The molecule has 0 aliphatic heterocycles. The zero-order chi connectivity index (χ0) is 23.5. The number of fused-ring (bicyclic) bond motifs is 1. The number of rotatable bonds is 7. The first-order valence-electron chi connectivity index (χ1n) is 11.9. The number of anilines is 1. The van der Waals surface area contributed by atoms with Crippen molar-refractivity contribution >= 4 is 17.2 Å². The summed E-state index contributed by atoms with van der Waals surface area (Å²) in [5, 5.41) is 3.48. The fourth-order valence-electron chi connectivity index (χ4n) is 4.54. The second-order valence-electron chi connectivity index (χ2n) is 10.6. The van der Waals surface area contributed by atoms with Crippen molar-refractivity contribution in [2.24, 2.45) is 5.41 Å². The molecule has 1 N–H and O–H groups in total. The number of carbonyl (C=O) groups excluding carboxylic acids is 1. The predicted octanol–water partition coefficient (Wildman–Crippen LogP) is 7.33. The van der Waals surface area contributed by atoms with E-state index in [9.17, 15) is 4.79 Å². The third-order valence-electron chi connectivity index (χ3n) is 6.47. The van der Waals surface area contributed by atoms with Crippen LogP contribution in [0.15, 0.2) is 42.5 Å². The Morgan fingerprint density at radius 1 is 1.12 bits per heavy atom. The average Bonchev–Trinajstić information content (AvgIpc) is 2.71. The molecule has 2 aromatic carbocycles. The monoisotopic (exact) mass is 433 g/mol. The Morgan fingerprint density at radius 3 is 2.44 bits per heavy atom. The van der Waals surface area contributed by atoms with Gasteiger partial charge in [-0.15, -0.1) is 0 Å². The molecule has 2 aromatic rings. The molecule has 0 bridgehead atoms. The number of aryl methyl sites for hydroxylation is 2. The van der Waals surface area contributed by atoms with E-state index in [1.807, 2.05) is 31.2 Å². The van der Waals surface area contributed by atoms with Gasteiger partial charge in [0, 0.05) is 12.2 Å². The molecule has 32 heavy (non-hydrogen) atoms. The van der Waals surface area contributed by atoms with Crippen molar-refractivity contribution in [3.63, 3.8) is 0 Å². The highest BCUT2D eigenvalue weighted by Crippen LogP contribution is 2.46. The zero-order valence-corrected chi connectivity index (χ0v) is 20.9. The van der Waals surface area contributed by atoms with E-state index in [1.165, 1.54) is 27.8 Å². The van der Waals surface area contributed by atoms with Gasteiger partial charge in [0.15, 0.2) is 0 Å². The normalized spacial score (nSPS) is 15.0. The molecule has 3 rings (SSSR count). The molecule has 0 amide bonds. The van der Waals surface area contributed by atoms with Gasteiger partial charge in [-0.05, 0) is 96.0 Å². The van der Waals surface area contributed by atoms with E-state index in [4.69, 9.17) is 4.74 Å². The second kappa shape index (κ2) is 9.52. The Balaban J connectivity index is 1.65. The highest BCUT2D eigenvalue weighted by Gasteiger charge is 2.32. The number of carbonyl (C=O) groups is 1. The quantitative estimate of drug-likeness (QED) is 0.367. The molecule has 3 nitrogen and oxygen atoms in total. The minimum Gasteiger partial charge on any atom is -0.462 e. The first-order valence-corrected chi connectivity index (χ1v) is 11.9. The summed E-state index contributed by atoms with van der Waals surface area (Å²) < 4.78 is 5.04. The molecule has 0 heterocycles. The lowest BCUT2D eigenvalue weighted by atomic mass is 9.67. The van der Waals surface area contributed by atoms with Crippen LogP contribution in [0.5, 0.6) is 0 Å². The van der Waals surface area contributed by atoms with E-state index in [0.29, 0.717) is 12.2 Å². The van der Waals surface area contributed by atoms with Crippen LogP contribution in [0.3, 0.4) is 0 Å². The number of hydrogen-bond donors (Lipinski definition) is 1. The summed E-state index contributed by atoms with van der Waals surface area (Å²) in [5.41, 5.74) is 9.20. The molecule has 0 spiro atoms. The van der Waals surface area contributed by atoms with Crippen molar-refractivity contribution in [2.45, 2.75) is 73.1 Å². The SMILES string of the molecule is CCOC(=O)c1ccc(NCCCc2cc3c(cc2C)C(C(C)(C)C)=CCC3(C)C)cc1. The molecular formula is C29H39NO2. The summed E-state index contributed by atoms with van der Waals surface area (Å²) in [6, 6.07) is 12.4. The van der Waals surface area contributed by atoms with Crippen molar-refractivity contribution in [1.29, 1.82) is 0 Å². The molecule has 0 saturated carbocycles. The van der Waals surface area contributed by atoms with Gasteiger partial charge in [0.05, 0.1) is 12.2 Å². The van der Waals surface area contributed by atoms with Crippen LogP contribution in [0.25, 0.3) is 5.57 Å². The minimum absolute atomic E-state index is 0.159. The summed E-state index contributed by atoms with van der Waals surface area (Å²) in [4.78, 5) is 11.8. The predicted molar refractivity (Wildman–Crippen MR) is 135 cm³/mol. The van der Waals surface area contributed by atoms with Gasteiger partial charge in [-0.3, -0.25) is 0 Å². The molecule has 172 valence electrons. The summed E-state index contributed by atoms with van der Waals surface area (Å²) in [5.74, 6) is -0.269.